The SMILES string of the molecule is Cc1cc2nc(CC(=O)C(F)(F)F)[nH]c2cc1C. The van der Waals surface area contributed by atoms with Gasteiger partial charge in [-0.05, 0) is 37.1 Å². The lowest BCUT2D eigenvalue weighted by Crippen LogP contribution is -2.24. The van der Waals surface area contributed by atoms with Crippen LogP contribution in [0.25, 0.3) is 11.0 Å². The third kappa shape index (κ3) is 2.37. The molecule has 0 bridgehead atoms. The number of carbonyl (C=O) groups excluding carboxylic acids is 1. The number of fused-ring (bicyclic) bond motifs is 1. The monoisotopic (exact) mass is 256 g/mol. The summed E-state index contributed by atoms with van der Waals surface area (Å²) in [6, 6.07) is 3.59. The van der Waals surface area contributed by atoms with E-state index in [9.17, 15) is 18.0 Å². The third-order valence-electron chi connectivity index (χ3n) is 2.79. The Bertz CT molecular complexity index is 575. The minimum Gasteiger partial charge on any atom is -0.342 e. The highest BCUT2D eigenvalue weighted by Gasteiger charge is 2.38. The minimum absolute atomic E-state index is 0.0392. The highest BCUT2D eigenvalue weighted by Crippen LogP contribution is 2.21. The quantitative estimate of drug-likeness (QED) is 0.898. The van der Waals surface area contributed by atoms with Crippen LogP contribution in [-0.4, -0.2) is 21.9 Å². The Morgan fingerprint density at radius 3 is 2.50 bits per heavy atom. The molecule has 2 rings (SSSR count). The second-order valence-corrected chi connectivity index (χ2v) is 4.23. The molecule has 0 saturated heterocycles. The number of aromatic nitrogens is 2. The number of H-pyrrole nitrogens is 1. The molecule has 1 aromatic carbocycles. The van der Waals surface area contributed by atoms with E-state index in [2.05, 4.69) is 9.97 Å². The first kappa shape index (κ1) is 12.6. The molecule has 3 nitrogen and oxygen atoms in total. The van der Waals surface area contributed by atoms with Crippen molar-refractivity contribution >= 4 is 16.8 Å². The maximum atomic E-state index is 12.1. The molecule has 0 amide bonds. The number of Topliss-reactive ketones (excluding diaryl/α,β-unsaturated/α-hetero) is 1. The predicted octanol–water partition coefficient (Wildman–Crippen LogP) is 2.85. The molecule has 0 fully saturated rings. The molecule has 96 valence electrons. The number of hydrogen-bond acceptors (Lipinski definition) is 2. The molecular formula is C12H11F3N2O. The van der Waals surface area contributed by atoms with E-state index in [0.717, 1.165) is 11.1 Å². The molecule has 0 saturated carbocycles. The molecule has 0 spiro atoms. The van der Waals surface area contributed by atoms with E-state index in [1.54, 1.807) is 12.1 Å². The molecule has 0 atom stereocenters. The van der Waals surface area contributed by atoms with E-state index in [1.807, 2.05) is 13.8 Å². The highest BCUT2D eigenvalue weighted by molar-refractivity contribution is 5.86. The van der Waals surface area contributed by atoms with Crippen LogP contribution in [0.15, 0.2) is 12.1 Å². The maximum Gasteiger partial charge on any atom is 0.450 e. The van der Waals surface area contributed by atoms with Crippen LogP contribution in [0, 0.1) is 13.8 Å². The van der Waals surface area contributed by atoms with Crippen molar-refractivity contribution in [2.24, 2.45) is 0 Å². The zero-order chi connectivity index (χ0) is 13.5. The lowest BCUT2D eigenvalue weighted by Gasteiger charge is -2.01. The maximum absolute atomic E-state index is 12.1. The standard InChI is InChI=1S/C12H11F3N2O/c1-6-3-8-9(4-7(6)2)17-11(16-8)5-10(18)12(13,14)15/h3-4H,5H2,1-2H3,(H,16,17). The number of aromatic amines is 1. The van der Waals surface area contributed by atoms with Crippen molar-refractivity contribution in [1.82, 2.24) is 9.97 Å². The van der Waals surface area contributed by atoms with Crippen LogP contribution in [0.3, 0.4) is 0 Å². The zero-order valence-corrected chi connectivity index (χ0v) is 9.85. The Balaban J connectivity index is 2.34. The normalized spacial score (nSPS) is 12.1. The lowest BCUT2D eigenvalue weighted by molar-refractivity contribution is -0.170. The number of nitrogens with one attached hydrogen (secondary N) is 1. The minimum atomic E-state index is -4.81. The summed E-state index contributed by atoms with van der Waals surface area (Å²) in [6.07, 6.45) is -5.57. The number of rotatable bonds is 2. The number of ketones is 1. The second-order valence-electron chi connectivity index (χ2n) is 4.23. The number of aryl methyl sites for hydroxylation is 2. The van der Waals surface area contributed by atoms with Crippen LogP contribution in [0.2, 0.25) is 0 Å². The van der Waals surface area contributed by atoms with Crippen molar-refractivity contribution in [2.45, 2.75) is 26.4 Å². The van der Waals surface area contributed by atoms with Crippen LogP contribution >= 0.6 is 0 Å². The highest BCUT2D eigenvalue weighted by atomic mass is 19.4. The van der Waals surface area contributed by atoms with E-state index < -0.39 is 18.4 Å². The van der Waals surface area contributed by atoms with Gasteiger partial charge in [-0.1, -0.05) is 0 Å². The smallest absolute Gasteiger partial charge is 0.342 e. The Morgan fingerprint density at radius 2 is 1.89 bits per heavy atom. The van der Waals surface area contributed by atoms with Gasteiger partial charge in [0.1, 0.15) is 5.82 Å². The molecule has 1 N–H and O–H groups in total. The number of alkyl halides is 3. The van der Waals surface area contributed by atoms with Gasteiger partial charge in [0.15, 0.2) is 0 Å². The summed E-state index contributed by atoms with van der Waals surface area (Å²) < 4.78 is 36.4. The van der Waals surface area contributed by atoms with Crippen LogP contribution < -0.4 is 0 Å². The van der Waals surface area contributed by atoms with Gasteiger partial charge in [-0.25, -0.2) is 4.98 Å². The molecule has 0 aliphatic rings. The molecule has 2 aromatic rings. The van der Waals surface area contributed by atoms with E-state index in [0.29, 0.717) is 11.0 Å². The summed E-state index contributed by atoms with van der Waals surface area (Å²) in [5.41, 5.74) is 3.23. The second kappa shape index (κ2) is 4.12. The average molecular weight is 256 g/mol. The number of carbonyl (C=O) groups is 1. The van der Waals surface area contributed by atoms with Crippen molar-refractivity contribution in [3.8, 4) is 0 Å². The van der Waals surface area contributed by atoms with Crippen molar-refractivity contribution in [2.75, 3.05) is 0 Å². The first-order chi connectivity index (χ1) is 8.27. The van der Waals surface area contributed by atoms with Gasteiger partial charge in [0, 0.05) is 0 Å². The van der Waals surface area contributed by atoms with Gasteiger partial charge in [-0.3, -0.25) is 4.79 Å². The molecule has 1 aromatic heterocycles. The van der Waals surface area contributed by atoms with Crippen molar-refractivity contribution in [3.05, 3.63) is 29.1 Å². The first-order valence-corrected chi connectivity index (χ1v) is 5.33. The number of halogens is 3. The third-order valence-corrected chi connectivity index (χ3v) is 2.79. The molecule has 1 heterocycles. The first-order valence-electron chi connectivity index (χ1n) is 5.33. The fraction of sp³-hybridized carbons (Fsp3) is 0.333. The fourth-order valence-corrected chi connectivity index (χ4v) is 1.66. The van der Waals surface area contributed by atoms with Crippen LogP contribution in [0.5, 0.6) is 0 Å². The van der Waals surface area contributed by atoms with Crippen molar-refractivity contribution in [1.29, 1.82) is 0 Å². The Hall–Kier alpha value is -1.85. The van der Waals surface area contributed by atoms with E-state index in [4.69, 9.17) is 0 Å². The van der Waals surface area contributed by atoms with Gasteiger partial charge in [0.05, 0.1) is 17.5 Å². The number of nitrogens with zero attached hydrogens (tertiary/aromatic N) is 1. The molecule has 0 aliphatic carbocycles. The van der Waals surface area contributed by atoms with Gasteiger partial charge in [0.2, 0.25) is 5.78 Å². The average Bonchev–Trinajstić information content (AvgIpc) is 2.59. The Morgan fingerprint density at radius 1 is 1.28 bits per heavy atom. The number of imidazole rings is 1. The summed E-state index contributed by atoms with van der Waals surface area (Å²) in [5, 5.41) is 0. The van der Waals surface area contributed by atoms with Crippen LogP contribution in [-0.2, 0) is 11.2 Å². The van der Waals surface area contributed by atoms with E-state index in [1.165, 1.54) is 0 Å². The van der Waals surface area contributed by atoms with Gasteiger partial charge in [0.25, 0.3) is 0 Å². The molecular weight excluding hydrogens is 245 g/mol. The van der Waals surface area contributed by atoms with Crippen molar-refractivity contribution < 1.29 is 18.0 Å². The lowest BCUT2D eigenvalue weighted by atomic mass is 10.1. The molecule has 18 heavy (non-hydrogen) atoms. The van der Waals surface area contributed by atoms with Crippen LogP contribution in [0.4, 0.5) is 13.2 Å². The van der Waals surface area contributed by atoms with Gasteiger partial charge in [-0.2, -0.15) is 13.2 Å². The molecule has 6 heteroatoms. The summed E-state index contributed by atoms with van der Waals surface area (Å²) in [6.45, 7) is 3.79. The summed E-state index contributed by atoms with van der Waals surface area (Å²) in [7, 11) is 0. The van der Waals surface area contributed by atoms with Gasteiger partial charge < -0.3 is 4.98 Å². The van der Waals surface area contributed by atoms with Gasteiger partial charge >= 0.3 is 6.18 Å². The molecule has 0 unspecified atom stereocenters. The summed E-state index contributed by atoms with van der Waals surface area (Å²) in [4.78, 5) is 17.6. The van der Waals surface area contributed by atoms with Gasteiger partial charge in [-0.15, -0.1) is 0 Å². The van der Waals surface area contributed by atoms with Crippen LogP contribution in [0.1, 0.15) is 17.0 Å². The molecule has 0 aliphatic heterocycles. The van der Waals surface area contributed by atoms with E-state index >= 15 is 0 Å². The topological polar surface area (TPSA) is 45.8 Å². The number of benzene rings is 1. The Kier molecular flexibility index (Phi) is 2.88. The zero-order valence-electron chi connectivity index (χ0n) is 9.85. The predicted molar refractivity (Wildman–Crippen MR) is 60.3 cm³/mol. The largest absolute Gasteiger partial charge is 0.450 e. The van der Waals surface area contributed by atoms with Crippen molar-refractivity contribution in [3.63, 3.8) is 0 Å². The Labute approximate surface area is 101 Å². The summed E-state index contributed by atoms with van der Waals surface area (Å²) in [5.74, 6) is -1.76. The summed E-state index contributed by atoms with van der Waals surface area (Å²) >= 11 is 0. The molecule has 0 radical (unpaired) electrons. The fourth-order valence-electron chi connectivity index (χ4n) is 1.66. The number of hydrogen-bond donors (Lipinski definition) is 1. The van der Waals surface area contributed by atoms with E-state index in [-0.39, 0.29) is 5.82 Å².